The van der Waals surface area contributed by atoms with Gasteiger partial charge >= 0.3 is 0 Å². The predicted octanol–water partition coefficient (Wildman–Crippen LogP) is 3.04. The number of benzene rings is 2. The first kappa shape index (κ1) is 16.3. The minimum Gasteiger partial charge on any atom is -0.495 e. The van der Waals surface area contributed by atoms with Crippen molar-refractivity contribution in [1.29, 1.82) is 0 Å². The van der Waals surface area contributed by atoms with E-state index in [2.05, 4.69) is 10.6 Å². The molecule has 7 heteroatoms. The quantitative estimate of drug-likeness (QED) is 0.631. The van der Waals surface area contributed by atoms with Gasteiger partial charge in [0.25, 0.3) is 5.69 Å². The molecule has 0 heterocycles. The van der Waals surface area contributed by atoms with Crippen molar-refractivity contribution in [2.75, 3.05) is 17.7 Å². The molecule has 0 radical (unpaired) electrons. The van der Waals surface area contributed by atoms with Crippen LogP contribution < -0.4 is 15.4 Å². The lowest BCUT2D eigenvalue weighted by atomic mass is 10.2. The molecule has 0 unspecified atom stereocenters. The van der Waals surface area contributed by atoms with E-state index in [4.69, 9.17) is 4.74 Å². The van der Waals surface area contributed by atoms with Crippen LogP contribution >= 0.6 is 0 Å². The topological polar surface area (TPSA) is 93.5 Å². The lowest BCUT2D eigenvalue weighted by molar-refractivity contribution is -0.384. The molecule has 2 aromatic rings. The van der Waals surface area contributed by atoms with Crippen LogP contribution in [0.15, 0.2) is 48.5 Å². The van der Waals surface area contributed by atoms with Crippen molar-refractivity contribution < 1.29 is 14.5 Å². The van der Waals surface area contributed by atoms with Crippen LogP contribution in [0.3, 0.4) is 0 Å². The third-order valence-electron chi connectivity index (χ3n) is 3.20. The number of anilines is 2. The summed E-state index contributed by atoms with van der Waals surface area (Å²) in [5.74, 6) is 0.0310. The number of carbonyl (C=O) groups excluding carboxylic acids is 1. The number of nitrogens with zero attached hydrogens (tertiary/aromatic N) is 1. The molecule has 1 atom stereocenters. The molecular formula is C16H17N3O4. The number of carbonyl (C=O) groups is 1. The van der Waals surface area contributed by atoms with Crippen LogP contribution in [0.25, 0.3) is 0 Å². The van der Waals surface area contributed by atoms with E-state index < -0.39 is 11.0 Å². The number of para-hydroxylation sites is 1. The smallest absolute Gasteiger partial charge is 0.271 e. The second-order valence-electron chi connectivity index (χ2n) is 4.86. The molecule has 7 nitrogen and oxygen atoms in total. The molecule has 0 saturated heterocycles. The maximum atomic E-state index is 12.3. The molecule has 0 aromatic heterocycles. The van der Waals surface area contributed by atoms with Crippen LogP contribution in [-0.4, -0.2) is 24.0 Å². The summed E-state index contributed by atoms with van der Waals surface area (Å²) in [6, 6.07) is 12.8. The average Bonchev–Trinajstić information content (AvgIpc) is 2.55. The Hall–Kier alpha value is -3.09. The van der Waals surface area contributed by atoms with Crippen molar-refractivity contribution >= 4 is 23.0 Å². The molecule has 0 aliphatic heterocycles. The number of hydrogen-bond acceptors (Lipinski definition) is 5. The van der Waals surface area contributed by atoms with E-state index in [0.29, 0.717) is 5.75 Å². The Morgan fingerprint density at radius 2 is 1.91 bits per heavy atom. The molecule has 0 spiro atoms. The first-order chi connectivity index (χ1) is 11.0. The molecule has 1 amide bonds. The van der Waals surface area contributed by atoms with Crippen molar-refractivity contribution in [3.05, 3.63) is 58.6 Å². The lowest BCUT2D eigenvalue weighted by Crippen LogP contribution is -2.32. The van der Waals surface area contributed by atoms with Gasteiger partial charge in [0, 0.05) is 17.8 Å². The second-order valence-corrected chi connectivity index (χ2v) is 4.86. The van der Waals surface area contributed by atoms with Gasteiger partial charge in [0.1, 0.15) is 11.8 Å². The number of non-ortho nitro benzene ring substituents is 1. The highest BCUT2D eigenvalue weighted by molar-refractivity contribution is 5.97. The summed E-state index contributed by atoms with van der Waals surface area (Å²) < 4.78 is 5.12. The summed E-state index contributed by atoms with van der Waals surface area (Å²) in [7, 11) is 1.43. The van der Waals surface area contributed by atoms with E-state index in [1.54, 1.807) is 6.92 Å². The minimum absolute atomic E-state index is 0.121. The zero-order chi connectivity index (χ0) is 16.8. The van der Waals surface area contributed by atoms with Gasteiger partial charge in [-0.25, -0.2) is 0 Å². The van der Waals surface area contributed by atoms with E-state index in [1.165, 1.54) is 25.3 Å². The summed E-state index contributed by atoms with van der Waals surface area (Å²) in [4.78, 5) is 22.6. The minimum atomic E-state index is -0.527. The molecule has 2 rings (SSSR count). The number of rotatable bonds is 6. The van der Waals surface area contributed by atoms with E-state index in [1.807, 2.05) is 30.3 Å². The third kappa shape index (κ3) is 4.19. The van der Waals surface area contributed by atoms with E-state index in [-0.39, 0.29) is 17.3 Å². The lowest BCUT2D eigenvalue weighted by Gasteiger charge is -2.16. The molecule has 23 heavy (non-hydrogen) atoms. The molecule has 0 aliphatic carbocycles. The fourth-order valence-corrected chi connectivity index (χ4v) is 2.00. The molecule has 2 aromatic carbocycles. The largest absolute Gasteiger partial charge is 0.495 e. The number of ether oxygens (including phenoxy) is 1. The summed E-state index contributed by atoms with van der Waals surface area (Å²) >= 11 is 0. The maximum absolute atomic E-state index is 12.3. The fraction of sp³-hybridized carbons (Fsp3) is 0.188. The first-order valence-corrected chi connectivity index (χ1v) is 6.96. The second kappa shape index (κ2) is 7.26. The normalized spacial score (nSPS) is 11.4. The zero-order valence-electron chi connectivity index (χ0n) is 12.8. The van der Waals surface area contributed by atoms with Crippen LogP contribution in [0, 0.1) is 10.1 Å². The van der Waals surface area contributed by atoms with Crippen molar-refractivity contribution in [2.45, 2.75) is 13.0 Å². The Kier molecular flexibility index (Phi) is 5.14. The Morgan fingerprint density at radius 1 is 1.22 bits per heavy atom. The highest BCUT2D eigenvalue weighted by atomic mass is 16.6. The van der Waals surface area contributed by atoms with Crippen LogP contribution in [0.5, 0.6) is 5.75 Å². The Balaban J connectivity index is 2.12. The van der Waals surface area contributed by atoms with Gasteiger partial charge in [-0.1, -0.05) is 18.2 Å². The monoisotopic (exact) mass is 315 g/mol. The molecule has 0 saturated carbocycles. The van der Waals surface area contributed by atoms with Gasteiger partial charge in [0.05, 0.1) is 17.7 Å². The van der Waals surface area contributed by atoms with Crippen molar-refractivity contribution in [2.24, 2.45) is 0 Å². The number of nitro benzene ring substituents is 1. The van der Waals surface area contributed by atoms with Crippen LogP contribution in [0.2, 0.25) is 0 Å². The fourth-order valence-electron chi connectivity index (χ4n) is 2.00. The zero-order valence-corrected chi connectivity index (χ0v) is 12.8. The number of methoxy groups -OCH3 is 1. The number of nitrogens with one attached hydrogen (secondary N) is 2. The van der Waals surface area contributed by atoms with Crippen LogP contribution in [0.1, 0.15) is 6.92 Å². The van der Waals surface area contributed by atoms with Gasteiger partial charge in [-0.05, 0) is 25.1 Å². The van der Waals surface area contributed by atoms with Crippen molar-refractivity contribution in [1.82, 2.24) is 0 Å². The predicted molar refractivity (Wildman–Crippen MR) is 87.8 cm³/mol. The summed E-state index contributed by atoms with van der Waals surface area (Å²) in [5, 5.41) is 16.5. The van der Waals surface area contributed by atoms with Crippen LogP contribution in [0.4, 0.5) is 17.1 Å². The van der Waals surface area contributed by atoms with Crippen molar-refractivity contribution in [3.63, 3.8) is 0 Å². The van der Waals surface area contributed by atoms with Crippen LogP contribution in [-0.2, 0) is 4.79 Å². The Morgan fingerprint density at radius 3 is 2.52 bits per heavy atom. The molecule has 0 bridgehead atoms. The van der Waals surface area contributed by atoms with E-state index in [9.17, 15) is 14.9 Å². The van der Waals surface area contributed by atoms with Gasteiger partial charge in [0.15, 0.2) is 0 Å². The summed E-state index contributed by atoms with van der Waals surface area (Å²) in [6.07, 6.45) is 0. The maximum Gasteiger partial charge on any atom is 0.271 e. The average molecular weight is 315 g/mol. The number of hydrogen-bond donors (Lipinski definition) is 2. The van der Waals surface area contributed by atoms with Crippen molar-refractivity contribution in [3.8, 4) is 5.75 Å². The van der Waals surface area contributed by atoms with Gasteiger partial charge < -0.3 is 15.4 Å². The third-order valence-corrected chi connectivity index (χ3v) is 3.20. The molecule has 0 fully saturated rings. The molecule has 2 N–H and O–H groups in total. The Bertz CT molecular complexity index is 704. The summed E-state index contributed by atoms with van der Waals surface area (Å²) in [6.45, 7) is 1.70. The first-order valence-electron chi connectivity index (χ1n) is 6.96. The summed E-state index contributed by atoms with van der Waals surface area (Å²) in [5.41, 5.74) is 0.944. The highest BCUT2D eigenvalue weighted by Crippen LogP contribution is 2.29. The van der Waals surface area contributed by atoms with E-state index in [0.717, 1.165) is 5.69 Å². The van der Waals surface area contributed by atoms with E-state index >= 15 is 0 Å². The Labute approximate surface area is 133 Å². The van der Waals surface area contributed by atoms with Gasteiger partial charge in [0.2, 0.25) is 5.91 Å². The molecule has 0 aliphatic rings. The van der Waals surface area contributed by atoms with Gasteiger partial charge in [-0.2, -0.15) is 0 Å². The highest BCUT2D eigenvalue weighted by Gasteiger charge is 2.17. The van der Waals surface area contributed by atoms with Gasteiger partial charge in [-0.15, -0.1) is 0 Å². The molecular weight excluding hydrogens is 298 g/mol. The standard InChI is InChI=1S/C16H17N3O4/c1-11(17-12-6-4-3-5-7-12)16(20)18-14-10-13(19(21)22)8-9-15(14)23-2/h3-11,17H,1-2H3,(H,18,20)/t11-/m1/s1. The van der Waals surface area contributed by atoms with Gasteiger partial charge in [-0.3, -0.25) is 14.9 Å². The number of nitro groups is 1. The number of amides is 1. The molecule has 120 valence electrons. The SMILES string of the molecule is COc1ccc([N+](=O)[O-])cc1NC(=O)[C@@H](C)Nc1ccccc1.